The van der Waals surface area contributed by atoms with Crippen LogP contribution >= 0.6 is 0 Å². The van der Waals surface area contributed by atoms with Crippen molar-refractivity contribution in [2.75, 3.05) is 24.5 Å². The van der Waals surface area contributed by atoms with Gasteiger partial charge in [-0.25, -0.2) is 4.98 Å². The number of rotatable bonds is 8. The van der Waals surface area contributed by atoms with Crippen LogP contribution < -0.4 is 10.2 Å². The fourth-order valence-corrected chi connectivity index (χ4v) is 2.08. The van der Waals surface area contributed by atoms with Crippen LogP contribution in [0.25, 0.3) is 0 Å². The van der Waals surface area contributed by atoms with E-state index in [-0.39, 0.29) is 0 Å². The molecule has 106 valence electrons. The molecule has 0 amide bonds. The van der Waals surface area contributed by atoms with Crippen molar-refractivity contribution in [1.82, 2.24) is 10.3 Å². The number of hydrogen-bond acceptors (Lipinski definition) is 3. The summed E-state index contributed by atoms with van der Waals surface area (Å²) >= 11 is 0. The highest BCUT2D eigenvalue weighted by Gasteiger charge is 2.08. The van der Waals surface area contributed by atoms with Gasteiger partial charge in [0.05, 0.1) is 0 Å². The van der Waals surface area contributed by atoms with E-state index in [0.29, 0.717) is 0 Å². The van der Waals surface area contributed by atoms with Crippen LogP contribution in [0.4, 0.5) is 5.82 Å². The fourth-order valence-electron chi connectivity index (χ4n) is 2.08. The highest BCUT2D eigenvalue weighted by molar-refractivity contribution is 5.43. The van der Waals surface area contributed by atoms with Gasteiger partial charge in [0.2, 0.25) is 0 Å². The average Bonchev–Trinajstić information content (AvgIpc) is 2.35. The average molecular weight is 261 g/mol. The predicted molar refractivity (Wildman–Crippen MR) is 83.7 cm³/mol. The van der Waals surface area contributed by atoms with Gasteiger partial charge in [-0.05, 0) is 51.4 Å². The Hall–Kier alpha value is -1.35. The molecule has 0 aromatic carbocycles. The van der Waals surface area contributed by atoms with E-state index < -0.39 is 0 Å². The molecule has 0 radical (unpaired) electrons. The van der Waals surface area contributed by atoms with Gasteiger partial charge in [0, 0.05) is 25.3 Å². The molecule has 3 heteroatoms. The quantitative estimate of drug-likeness (QED) is 0.575. The number of aromatic nitrogens is 1. The van der Waals surface area contributed by atoms with Crippen LogP contribution in [0.2, 0.25) is 0 Å². The fraction of sp³-hybridized carbons (Fsp3) is 0.562. The molecule has 1 heterocycles. The Bertz CT molecular complexity index is 412. The van der Waals surface area contributed by atoms with Crippen molar-refractivity contribution in [3.8, 4) is 0 Å². The Morgan fingerprint density at radius 2 is 2.11 bits per heavy atom. The van der Waals surface area contributed by atoms with Crippen LogP contribution in [0.3, 0.4) is 0 Å². The van der Waals surface area contributed by atoms with E-state index in [1.54, 1.807) is 0 Å². The molecular weight excluding hydrogens is 234 g/mol. The van der Waals surface area contributed by atoms with Crippen LogP contribution in [-0.4, -0.2) is 24.6 Å². The van der Waals surface area contributed by atoms with Gasteiger partial charge in [-0.3, -0.25) is 0 Å². The molecule has 0 aliphatic carbocycles. The van der Waals surface area contributed by atoms with Crippen molar-refractivity contribution in [2.45, 2.75) is 40.7 Å². The lowest BCUT2D eigenvalue weighted by molar-refractivity contribution is 0.674. The highest BCUT2D eigenvalue weighted by atomic mass is 15.2. The van der Waals surface area contributed by atoms with Gasteiger partial charge in [0.25, 0.3) is 0 Å². The Kier molecular flexibility index (Phi) is 6.57. The second-order valence-electron chi connectivity index (χ2n) is 5.12. The van der Waals surface area contributed by atoms with Crippen molar-refractivity contribution in [1.29, 1.82) is 0 Å². The summed E-state index contributed by atoms with van der Waals surface area (Å²) in [4.78, 5) is 6.91. The first kappa shape index (κ1) is 15.7. The van der Waals surface area contributed by atoms with Crippen LogP contribution in [0.5, 0.6) is 0 Å². The molecule has 1 aromatic heterocycles. The molecule has 0 aliphatic rings. The molecular formula is C16H27N3. The predicted octanol–water partition coefficient (Wildman–Crippen LogP) is 3.29. The summed E-state index contributed by atoms with van der Waals surface area (Å²) in [7, 11) is 0. The molecule has 0 aliphatic heterocycles. The molecule has 1 rings (SSSR count). The van der Waals surface area contributed by atoms with E-state index in [2.05, 4.69) is 61.6 Å². The van der Waals surface area contributed by atoms with Crippen molar-refractivity contribution in [2.24, 2.45) is 0 Å². The highest BCUT2D eigenvalue weighted by Crippen LogP contribution is 2.16. The lowest BCUT2D eigenvalue weighted by Crippen LogP contribution is -2.26. The number of nitrogens with zero attached hydrogens (tertiary/aromatic N) is 2. The zero-order chi connectivity index (χ0) is 14.3. The van der Waals surface area contributed by atoms with E-state index in [0.717, 1.165) is 49.7 Å². The first-order chi connectivity index (χ1) is 9.06. The summed E-state index contributed by atoms with van der Waals surface area (Å²) in [5.41, 5.74) is 3.54. The lowest BCUT2D eigenvalue weighted by atomic mass is 10.2. The molecule has 1 aromatic rings. The molecule has 0 saturated heterocycles. The molecule has 0 spiro atoms. The van der Waals surface area contributed by atoms with Gasteiger partial charge in [0.1, 0.15) is 5.82 Å². The van der Waals surface area contributed by atoms with Crippen molar-refractivity contribution < 1.29 is 0 Å². The molecule has 19 heavy (non-hydrogen) atoms. The minimum absolute atomic E-state index is 0.870. The number of nitrogens with one attached hydrogen (secondary N) is 1. The summed E-state index contributed by atoms with van der Waals surface area (Å²) in [5.74, 6) is 1.05. The molecule has 3 nitrogen and oxygen atoms in total. The van der Waals surface area contributed by atoms with E-state index in [1.807, 2.05) is 0 Å². The normalized spacial score (nSPS) is 10.5. The van der Waals surface area contributed by atoms with Crippen LogP contribution in [-0.2, 0) is 6.54 Å². The zero-order valence-corrected chi connectivity index (χ0v) is 12.8. The van der Waals surface area contributed by atoms with Gasteiger partial charge in [-0.1, -0.05) is 19.1 Å². The van der Waals surface area contributed by atoms with Gasteiger partial charge < -0.3 is 10.2 Å². The second kappa shape index (κ2) is 7.95. The Labute approximate surface area is 117 Å². The molecule has 0 fully saturated rings. The third kappa shape index (κ3) is 5.43. The topological polar surface area (TPSA) is 28.2 Å². The molecule has 0 saturated carbocycles. The summed E-state index contributed by atoms with van der Waals surface area (Å²) in [6.07, 6.45) is 1.16. The number of hydrogen-bond donors (Lipinski definition) is 1. The number of aryl methyl sites for hydroxylation is 1. The maximum atomic E-state index is 4.64. The maximum absolute atomic E-state index is 4.64. The third-order valence-corrected chi connectivity index (χ3v) is 2.92. The number of anilines is 1. The van der Waals surface area contributed by atoms with Gasteiger partial charge in [-0.2, -0.15) is 0 Å². The van der Waals surface area contributed by atoms with E-state index in [9.17, 15) is 0 Å². The number of pyridine rings is 1. The summed E-state index contributed by atoms with van der Waals surface area (Å²) in [5, 5.41) is 3.44. The molecule has 0 unspecified atom stereocenters. The first-order valence-electron chi connectivity index (χ1n) is 7.14. The summed E-state index contributed by atoms with van der Waals surface area (Å²) < 4.78 is 0. The first-order valence-corrected chi connectivity index (χ1v) is 7.14. The standard InChI is InChI=1S/C16H27N3/c1-6-8-17-11-15-9-14(5)18-16(10-15)19(7-2)12-13(3)4/h9-10,17H,3,6-8,11-12H2,1-2,4-5H3. The van der Waals surface area contributed by atoms with Crippen LogP contribution in [0.15, 0.2) is 24.3 Å². The Morgan fingerprint density at radius 3 is 2.68 bits per heavy atom. The monoisotopic (exact) mass is 261 g/mol. The largest absolute Gasteiger partial charge is 0.353 e. The van der Waals surface area contributed by atoms with Gasteiger partial charge in [0.15, 0.2) is 0 Å². The molecule has 0 atom stereocenters. The van der Waals surface area contributed by atoms with E-state index >= 15 is 0 Å². The van der Waals surface area contributed by atoms with Crippen LogP contribution in [0.1, 0.15) is 38.4 Å². The van der Waals surface area contributed by atoms with Crippen LogP contribution in [0, 0.1) is 6.92 Å². The molecule has 1 N–H and O–H groups in total. The van der Waals surface area contributed by atoms with Crippen molar-refractivity contribution in [3.05, 3.63) is 35.5 Å². The SMILES string of the molecule is C=C(C)CN(CC)c1cc(CNCCC)cc(C)n1. The van der Waals surface area contributed by atoms with Gasteiger partial charge >= 0.3 is 0 Å². The second-order valence-corrected chi connectivity index (χ2v) is 5.12. The molecule has 0 bridgehead atoms. The van der Waals surface area contributed by atoms with Gasteiger partial charge in [-0.15, -0.1) is 0 Å². The third-order valence-electron chi connectivity index (χ3n) is 2.92. The number of likely N-dealkylation sites (N-methyl/N-ethyl adjacent to an activating group) is 1. The summed E-state index contributed by atoms with van der Waals surface area (Å²) in [6, 6.07) is 4.34. The minimum Gasteiger partial charge on any atom is -0.353 e. The lowest BCUT2D eigenvalue weighted by Gasteiger charge is -2.23. The zero-order valence-electron chi connectivity index (χ0n) is 12.8. The maximum Gasteiger partial charge on any atom is 0.129 e. The van der Waals surface area contributed by atoms with Crippen molar-refractivity contribution >= 4 is 5.82 Å². The summed E-state index contributed by atoms with van der Waals surface area (Å²) in [6.45, 7) is 16.2. The Morgan fingerprint density at radius 1 is 1.37 bits per heavy atom. The minimum atomic E-state index is 0.870. The Balaban J connectivity index is 2.84. The van der Waals surface area contributed by atoms with E-state index in [1.165, 1.54) is 5.56 Å². The van der Waals surface area contributed by atoms with Crippen molar-refractivity contribution in [3.63, 3.8) is 0 Å². The van der Waals surface area contributed by atoms with E-state index in [4.69, 9.17) is 0 Å². The smallest absolute Gasteiger partial charge is 0.129 e.